The van der Waals surface area contributed by atoms with Gasteiger partial charge in [-0.15, -0.1) is 0 Å². The van der Waals surface area contributed by atoms with Crippen molar-refractivity contribution in [1.29, 1.82) is 0 Å². The molecule has 0 bridgehead atoms. The van der Waals surface area contributed by atoms with Crippen LogP contribution >= 0.6 is 0 Å². The number of urea groups is 1. The van der Waals surface area contributed by atoms with Crippen LogP contribution in [0.3, 0.4) is 0 Å². The normalized spacial score (nSPS) is 11.7. The number of methoxy groups -OCH3 is 1. The van der Waals surface area contributed by atoms with Crippen LogP contribution in [-0.4, -0.2) is 66.4 Å². The number of carbonyl (C=O) groups is 3. The van der Waals surface area contributed by atoms with Crippen LogP contribution in [0, 0.1) is 0 Å². The van der Waals surface area contributed by atoms with Gasteiger partial charge in [0.15, 0.2) is 0 Å². The van der Waals surface area contributed by atoms with E-state index in [9.17, 15) is 14.4 Å². The molecule has 0 aliphatic heterocycles. The molecule has 104 valence electrons. The van der Waals surface area contributed by atoms with E-state index in [2.05, 4.69) is 5.32 Å². The molecular formula is C10H18N2O6. The minimum Gasteiger partial charge on any atom is -0.481 e. The number of carboxylic acids is 2. The fraction of sp³-hybridized carbons (Fsp3) is 0.700. The van der Waals surface area contributed by atoms with Crippen LogP contribution in [0.25, 0.3) is 0 Å². The summed E-state index contributed by atoms with van der Waals surface area (Å²) in [7, 11) is 2.98. The van der Waals surface area contributed by atoms with E-state index in [0.29, 0.717) is 13.2 Å². The summed E-state index contributed by atoms with van der Waals surface area (Å²) in [5.74, 6) is -2.37. The van der Waals surface area contributed by atoms with Crippen molar-refractivity contribution in [3.8, 4) is 0 Å². The molecule has 0 aliphatic carbocycles. The molecule has 3 N–H and O–H groups in total. The molecule has 8 nitrogen and oxygen atoms in total. The first-order chi connectivity index (χ1) is 8.38. The number of nitrogens with zero attached hydrogens (tertiary/aromatic N) is 1. The average Bonchev–Trinajstić information content (AvgIpc) is 2.30. The Balaban J connectivity index is 4.26. The minimum atomic E-state index is -1.26. The maximum Gasteiger partial charge on any atom is 0.326 e. The molecule has 1 atom stereocenters. The average molecular weight is 262 g/mol. The SMILES string of the molecule is COCCN(C)C(=O)NC(CCC(=O)O)C(=O)O. The predicted octanol–water partition coefficient (Wildman–Crippen LogP) is -0.408. The highest BCUT2D eigenvalue weighted by atomic mass is 16.5. The smallest absolute Gasteiger partial charge is 0.326 e. The first-order valence-corrected chi connectivity index (χ1v) is 5.33. The van der Waals surface area contributed by atoms with Gasteiger partial charge >= 0.3 is 18.0 Å². The molecule has 0 aromatic carbocycles. The second-order valence-electron chi connectivity index (χ2n) is 3.69. The molecule has 1 unspecified atom stereocenters. The van der Waals surface area contributed by atoms with Crippen molar-refractivity contribution in [1.82, 2.24) is 10.2 Å². The molecule has 0 aromatic rings. The van der Waals surface area contributed by atoms with E-state index in [4.69, 9.17) is 14.9 Å². The molecule has 0 heterocycles. The fourth-order valence-corrected chi connectivity index (χ4v) is 1.11. The highest BCUT2D eigenvalue weighted by Gasteiger charge is 2.22. The molecule has 0 radical (unpaired) electrons. The lowest BCUT2D eigenvalue weighted by Gasteiger charge is -2.20. The molecule has 18 heavy (non-hydrogen) atoms. The zero-order chi connectivity index (χ0) is 14.1. The van der Waals surface area contributed by atoms with Gasteiger partial charge < -0.3 is 25.2 Å². The maximum absolute atomic E-state index is 11.6. The van der Waals surface area contributed by atoms with Crippen molar-refractivity contribution in [2.24, 2.45) is 0 Å². The number of carboxylic acid groups (broad SMARTS) is 2. The Labute approximate surface area is 105 Å². The molecule has 0 rings (SSSR count). The van der Waals surface area contributed by atoms with Crippen LogP contribution in [0.4, 0.5) is 4.79 Å². The molecular weight excluding hydrogens is 244 g/mol. The molecule has 0 aromatic heterocycles. The number of likely N-dealkylation sites (N-methyl/N-ethyl adjacent to an activating group) is 1. The highest BCUT2D eigenvalue weighted by Crippen LogP contribution is 1.99. The van der Waals surface area contributed by atoms with Gasteiger partial charge in [0.2, 0.25) is 0 Å². The third-order valence-electron chi connectivity index (χ3n) is 2.22. The molecule has 0 fully saturated rings. The Morgan fingerprint density at radius 3 is 2.39 bits per heavy atom. The van der Waals surface area contributed by atoms with E-state index >= 15 is 0 Å². The van der Waals surface area contributed by atoms with Crippen LogP contribution in [0.5, 0.6) is 0 Å². The van der Waals surface area contributed by atoms with Crippen LogP contribution in [0.2, 0.25) is 0 Å². The van der Waals surface area contributed by atoms with Gasteiger partial charge in [-0.25, -0.2) is 9.59 Å². The highest BCUT2D eigenvalue weighted by molar-refractivity contribution is 5.82. The van der Waals surface area contributed by atoms with Crippen molar-refractivity contribution in [3.63, 3.8) is 0 Å². The summed E-state index contributed by atoms with van der Waals surface area (Å²) >= 11 is 0. The number of rotatable bonds is 8. The van der Waals surface area contributed by atoms with E-state index in [1.807, 2.05) is 0 Å². The molecule has 0 spiro atoms. The largest absolute Gasteiger partial charge is 0.481 e. The zero-order valence-electron chi connectivity index (χ0n) is 10.4. The van der Waals surface area contributed by atoms with E-state index < -0.39 is 24.0 Å². The number of hydrogen-bond donors (Lipinski definition) is 3. The molecule has 0 aliphatic rings. The number of nitrogens with one attached hydrogen (secondary N) is 1. The summed E-state index contributed by atoms with van der Waals surface area (Å²) in [6.07, 6.45) is -0.479. The summed E-state index contributed by atoms with van der Waals surface area (Å²) in [6, 6.07) is -1.79. The number of aliphatic carboxylic acids is 2. The van der Waals surface area contributed by atoms with Crippen LogP contribution in [0.1, 0.15) is 12.8 Å². The van der Waals surface area contributed by atoms with E-state index in [1.54, 1.807) is 0 Å². The standard InChI is InChI=1S/C10H18N2O6/c1-12(5-6-18-2)10(17)11-7(9(15)16)3-4-8(13)14/h7H,3-6H2,1-2H3,(H,11,17)(H,13,14)(H,15,16). The van der Waals surface area contributed by atoms with Gasteiger partial charge in [0, 0.05) is 27.1 Å². The second-order valence-corrected chi connectivity index (χ2v) is 3.69. The first kappa shape index (κ1) is 16.2. The summed E-state index contributed by atoms with van der Waals surface area (Å²) in [5, 5.41) is 19.6. The van der Waals surface area contributed by atoms with Gasteiger partial charge in [-0.2, -0.15) is 0 Å². The van der Waals surface area contributed by atoms with Crippen LogP contribution in [-0.2, 0) is 14.3 Å². The van der Waals surface area contributed by atoms with Gasteiger partial charge in [0.05, 0.1) is 6.61 Å². The first-order valence-electron chi connectivity index (χ1n) is 5.33. The Hall–Kier alpha value is -1.83. The summed E-state index contributed by atoms with van der Waals surface area (Å²) in [6.45, 7) is 0.643. The predicted molar refractivity (Wildman–Crippen MR) is 61.3 cm³/mol. The molecule has 0 saturated heterocycles. The lowest BCUT2D eigenvalue weighted by Crippen LogP contribution is -2.47. The van der Waals surface area contributed by atoms with Gasteiger partial charge in [0.1, 0.15) is 6.04 Å². The fourth-order valence-electron chi connectivity index (χ4n) is 1.11. The lowest BCUT2D eigenvalue weighted by molar-refractivity contribution is -0.140. The number of ether oxygens (including phenoxy) is 1. The van der Waals surface area contributed by atoms with Crippen molar-refractivity contribution in [2.75, 3.05) is 27.3 Å². The molecule has 0 saturated carbocycles. The zero-order valence-corrected chi connectivity index (χ0v) is 10.4. The Morgan fingerprint density at radius 2 is 1.94 bits per heavy atom. The number of hydrogen-bond acceptors (Lipinski definition) is 4. The Kier molecular flexibility index (Phi) is 7.45. The van der Waals surface area contributed by atoms with E-state index in [-0.39, 0.29) is 12.8 Å². The van der Waals surface area contributed by atoms with Crippen molar-refractivity contribution < 1.29 is 29.3 Å². The third-order valence-corrected chi connectivity index (χ3v) is 2.22. The van der Waals surface area contributed by atoms with Crippen molar-refractivity contribution in [3.05, 3.63) is 0 Å². The van der Waals surface area contributed by atoms with Gasteiger partial charge in [-0.1, -0.05) is 0 Å². The van der Waals surface area contributed by atoms with Gasteiger partial charge in [-0.05, 0) is 6.42 Å². The minimum absolute atomic E-state index is 0.158. The Bertz CT molecular complexity index is 307. The summed E-state index contributed by atoms with van der Waals surface area (Å²) in [4.78, 5) is 34.0. The number of carbonyl (C=O) groups excluding carboxylic acids is 1. The monoisotopic (exact) mass is 262 g/mol. The topological polar surface area (TPSA) is 116 Å². The van der Waals surface area contributed by atoms with E-state index in [0.717, 1.165) is 0 Å². The van der Waals surface area contributed by atoms with Crippen molar-refractivity contribution >= 4 is 18.0 Å². The quantitative estimate of drug-likeness (QED) is 0.547. The summed E-state index contributed by atoms with van der Waals surface area (Å²) in [5.41, 5.74) is 0. The van der Waals surface area contributed by atoms with Gasteiger partial charge in [-0.3, -0.25) is 4.79 Å². The van der Waals surface area contributed by atoms with E-state index in [1.165, 1.54) is 19.1 Å². The van der Waals surface area contributed by atoms with Gasteiger partial charge in [0.25, 0.3) is 0 Å². The second kappa shape index (κ2) is 8.29. The molecule has 8 heteroatoms. The molecule has 2 amide bonds. The maximum atomic E-state index is 11.6. The summed E-state index contributed by atoms with van der Waals surface area (Å²) < 4.78 is 4.78. The van der Waals surface area contributed by atoms with Crippen LogP contribution in [0.15, 0.2) is 0 Å². The lowest BCUT2D eigenvalue weighted by atomic mass is 10.1. The van der Waals surface area contributed by atoms with Crippen LogP contribution < -0.4 is 5.32 Å². The van der Waals surface area contributed by atoms with Crippen molar-refractivity contribution in [2.45, 2.75) is 18.9 Å². The number of amides is 2. The Morgan fingerprint density at radius 1 is 1.33 bits per heavy atom. The third kappa shape index (κ3) is 6.69.